The predicted octanol–water partition coefficient (Wildman–Crippen LogP) is 7.87. The summed E-state index contributed by atoms with van der Waals surface area (Å²) in [4.78, 5) is 42.9. The van der Waals surface area contributed by atoms with Crippen LogP contribution < -0.4 is 5.32 Å². The topological polar surface area (TPSA) is 98.1 Å². The minimum absolute atomic E-state index is 0.0770. The van der Waals surface area contributed by atoms with Crippen LogP contribution in [0.15, 0.2) is 138 Å². The number of nitrogens with one attached hydrogen (secondary N) is 1. The Bertz CT molecular complexity index is 1760. The molecule has 8 nitrogen and oxygen atoms in total. The number of hydrogen-bond acceptors (Lipinski definition) is 6. The van der Waals surface area contributed by atoms with Gasteiger partial charge in [-0.3, -0.25) is 4.79 Å². The first-order valence-electron chi connectivity index (χ1n) is 17.0. The van der Waals surface area contributed by atoms with E-state index in [1.54, 1.807) is 17.4 Å². The van der Waals surface area contributed by atoms with Gasteiger partial charge in [0.15, 0.2) is 0 Å². The van der Waals surface area contributed by atoms with E-state index in [1.807, 2.05) is 135 Å². The van der Waals surface area contributed by atoms with E-state index in [4.69, 9.17) is 13.9 Å². The van der Waals surface area contributed by atoms with Crippen molar-refractivity contribution >= 4 is 18.0 Å². The van der Waals surface area contributed by atoms with Gasteiger partial charge in [0, 0.05) is 25.1 Å². The van der Waals surface area contributed by atoms with Crippen LogP contribution in [0.2, 0.25) is 0 Å². The Morgan fingerprint density at radius 2 is 1.16 bits per heavy atom. The van der Waals surface area contributed by atoms with Gasteiger partial charge in [-0.15, -0.1) is 0 Å². The molecule has 0 saturated heterocycles. The Labute approximate surface area is 294 Å². The number of benzene rings is 4. The second-order valence-electron chi connectivity index (χ2n) is 12.8. The predicted molar refractivity (Wildman–Crippen MR) is 193 cm³/mol. The van der Waals surface area contributed by atoms with E-state index in [0.29, 0.717) is 13.0 Å². The van der Waals surface area contributed by atoms with Crippen molar-refractivity contribution in [2.24, 2.45) is 11.8 Å². The van der Waals surface area contributed by atoms with Gasteiger partial charge >= 0.3 is 18.0 Å². The van der Waals surface area contributed by atoms with Crippen molar-refractivity contribution in [1.29, 1.82) is 0 Å². The fourth-order valence-corrected chi connectivity index (χ4v) is 5.68. The lowest BCUT2D eigenvalue weighted by molar-refractivity contribution is -0.150. The van der Waals surface area contributed by atoms with Gasteiger partial charge in [-0.05, 0) is 46.2 Å². The van der Waals surface area contributed by atoms with Gasteiger partial charge in [-0.2, -0.15) is 0 Å². The van der Waals surface area contributed by atoms with Crippen molar-refractivity contribution < 1.29 is 28.3 Å². The van der Waals surface area contributed by atoms with E-state index < -0.39 is 29.9 Å². The van der Waals surface area contributed by atoms with Crippen LogP contribution in [0, 0.1) is 11.8 Å². The average Bonchev–Trinajstić information content (AvgIpc) is 3.69. The second-order valence-corrected chi connectivity index (χ2v) is 12.8. The molecule has 258 valence electrons. The molecule has 0 saturated carbocycles. The van der Waals surface area contributed by atoms with E-state index in [0.717, 1.165) is 33.4 Å². The molecule has 0 aliphatic carbocycles. The summed E-state index contributed by atoms with van der Waals surface area (Å²) in [6, 6.07) is 36.8. The molecule has 2 atom stereocenters. The van der Waals surface area contributed by atoms with Gasteiger partial charge in [-0.1, -0.05) is 129 Å². The number of hydrogen-bond donors (Lipinski definition) is 1. The third kappa shape index (κ3) is 11.0. The van der Waals surface area contributed by atoms with Gasteiger partial charge in [0.1, 0.15) is 19.3 Å². The van der Waals surface area contributed by atoms with Crippen molar-refractivity contribution in [3.63, 3.8) is 0 Å². The third-order valence-electron chi connectivity index (χ3n) is 8.25. The highest BCUT2D eigenvalue weighted by Gasteiger charge is 2.30. The van der Waals surface area contributed by atoms with Crippen LogP contribution in [0.25, 0.3) is 11.1 Å². The quantitative estimate of drug-likeness (QED) is 0.107. The number of furan rings is 1. The number of urea groups is 1. The largest absolute Gasteiger partial charge is 0.472 e. The smallest absolute Gasteiger partial charge is 0.329 e. The van der Waals surface area contributed by atoms with Gasteiger partial charge in [0.05, 0.1) is 18.4 Å². The Morgan fingerprint density at radius 1 is 0.620 bits per heavy atom. The van der Waals surface area contributed by atoms with Crippen molar-refractivity contribution in [2.75, 3.05) is 13.1 Å². The normalized spacial score (nSPS) is 12.1. The SMILES string of the molecule is CC(C)CN(CC(Cc1ccccc1)C(=O)OCc1ccccc1)C(=O)N[C@@H](Cc1ccc(-c2ccoc2)cc1)C(=O)OCc1ccccc1. The van der Waals surface area contributed by atoms with Crippen LogP contribution in [0.4, 0.5) is 4.79 Å². The highest BCUT2D eigenvalue weighted by atomic mass is 16.5. The molecule has 1 unspecified atom stereocenters. The summed E-state index contributed by atoms with van der Waals surface area (Å²) in [7, 11) is 0. The standard InChI is InChI=1S/C42H44N2O6/c1-31(2)26-44(27-38(24-32-12-6-3-7-13-32)40(45)49-28-34-14-8-4-9-15-34)42(47)43-39(41(46)50-29-35-16-10-5-11-17-35)25-33-18-20-36(21-19-33)37-22-23-48-30-37/h3-23,30-31,38-39H,24-29H2,1-2H3,(H,43,47)/t38?,39-/m0/s1. The number of ether oxygens (including phenoxy) is 2. The minimum Gasteiger partial charge on any atom is -0.472 e. The van der Waals surface area contributed by atoms with Crippen molar-refractivity contribution in [3.05, 3.63) is 156 Å². The van der Waals surface area contributed by atoms with E-state index >= 15 is 0 Å². The Morgan fingerprint density at radius 3 is 1.70 bits per heavy atom. The Balaban J connectivity index is 1.34. The molecule has 0 fully saturated rings. The lowest BCUT2D eigenvalue weighted by atomic mass is 9.98. The minimum atomic E-state index is -0.974. The molecule has 0 bridgehead atoms. The first-order valence-corrected chi connectivity index (χ1v) is 17.0. The molecule has 50 heavy (non-hydrogen) atoms. The number of nitrogens with zero attached hydrogens (tertiary/aromatic N) is 1. The molecule has 1 aromatic heterocycles. The van der Waals surface area contributed by atoms with Crippen molar-refractivity contribution in [2.45, 2.75) is 45.9 Å². The average molecular weight is 673 g/mol. The fourth-order valence-electron chi connectivity index (χ4n) is 5.68. The van der Waals surface area contributed by atoms with Crippen LogP contribution in [-0.4, -0.2) is 42.0 Å². The maximum atomic E-state index is 14.1. The molecule has 0 aliphatic heterocycles. The lowest BCUT2D eigenvalue weighted by Gasteiger charge is -2.30. The summed E-state index contributed by atoms with van der Waals surface area (Å²) < 4.78 is 16.7. The molecule has 0 radical (unpaired) electrons. The number of amides is 2. The van der Waals surface area contributed by atoms with Crippen LogP contribution in [-0.2, 0) is 45.1 Å². The zero-order valence-corrected chi connectivity index (χ0v) is 28.6. The fraction of sp³-hybridized carbons (Fsp3) is 0.262. The van der Waals surface area contributed by atoms with E-state index in [1.165, 1.54) is 0 Å². The van der Waals surface area contributed by atoms with Gasteiger partial charge in [0.2, 0.25) is 0 Å². The summed E-state index contributed by atoms with van der Waals surface area (Å²) >= 11 is 0. The highest BCUT2D eigenvalue weighted by Crippen LogP contribution is 2.21. The lowest BCUT2D eigenvalue weighted by Crippen LogP contribution is -2.52. The summed E-state index contributed by atoms with van der Waals surface area (Å²) in [6.45, 7) is 4.70. The maximum absolute atomic E-state index is 14.1. The molecular weight excluding hydrogens is 628 g/mol. The number of carbonyl (C=O) groups excluding carboxylic acids is 3. The van der Waals surface area contributed by atoms with Gasteiger partial charge in [-0.25, -0.2) is 9.59 Å². The summed E-state index contributed by atoms with van der Waals surface area (Å²) in [5.74, 6) is -1.48. The molecule has 8 heteroatoms. The van der Waals surface area contributed by atoms with Gasteiger partial charge < -0.3 is 24.1 Å². The van der Waals surface area contributed by atoms with E-state index in [-0.39, 0.29) is 32.1 Å². The molecule has 5 rings (SSSR count). The zero-order chi connectivity index (χ0) is 35.1. The molecule has 1 heterocycles. The second kappa shape index (κ2) is 18.2. The third-order valence-corrected chi connectivity index (χ3v) is 8.25. The summed E-state index contributed by atoms with van der Waals surface area (Å²) in [5, 5.41) is 2.96. The first-order chi connectivity index (χ1) is 24.3. The van der Waals surface area contributed by atoms with E-state index in [2.05, 4.69) is 5.32 Å². The molecule has 5 aromatic rings. The molecule has 2 amide bonds. The highest BCUT2D eigenvalue weighted by molar-refractivity contribution is 5.84. The number of carbonyl (C=O) groups is 3. The number of esters is 2. The molecule has 0 aliphatic rings. The maximum Gasteiger partial charge on any atom is 0.329 e. The number of rotatable bonds is 16. The molecular formula is C42H44N2O6. The zero-order valence-electron chi connectivity index (χ0n) is 28.6. The molecule has 1 N–H and O–H groups in total. The van der Waals surface area contributed by atoms with Crippen LogP contribution in [0.1, 0.15) is 36.1 Å². The monoisotopic (exact) mass is 672 g/mol. The molecule has 0 spiro atoms. The van der Waals surface area contributed by atoms with Crippen molar-refractivity contribution in [3.8, 4) is 11.1 Å². The summed E-state index contributed by atoms with van der Waals surface area (Å²) in [5.41, 5.74) is 5.45. The van der Waals surface area contributed by atoms with E-state index in [9.17, 15) is 14.4 Å². The van der Waals surface area contributed by atoms with Crippen LogP contribution in [0.3, 0.4) is 0 Å². The first kappa shape index (κ1) is 35.7. The van der Waals surface area contributed by atoms with Crippen LogP contribution in [0.5, 0.6) is 0 Å². The Hall–Kier alpha value is -5.63. The summed E-state index contributed by atoms with van der Waals surface area (Å²) in [6.07, 6.45) is 3.90. The molecule has 4 aromatic carbocycles. The van der Waals surface area contributed by atoms with Crippen molar-refractivity contribution in [1.82, 2.24) is 10.2 Å². The van der Waals surface area contributed by atoms with Crippen LogP contribution >= 0.6 is 0 Å². The Kier molecular flexibility index (Phi) is 13.0. The van der Waals surface area contributed by atoms with Gasteiger partial charge in [0.25, 0.3) is 0 Å².